The first-order valence-electron chi connectivity index (χ1n) is 12.6. The Balaban J connectivity index is 1.16. The van der Waals surface area contributed by atoms with E-state index in [9.17, 15) is 14.0 Å². The van der Waals surface area contributed by atoms with Crippen molar-refractivity contribution in [1.29, 1.82) is 0 Å². The van der Waals surface area contributed by atoms with Gasteiger partial charge in [-0.15, -0.1) is 10.2 Å². The zero-order valence-corrected chi connectivity index (χ0v) is 22.1. The number of aliphatic hydroxyl groups excluding tert-OH is 1. The van der Waals surface area contributed by atoms with Crippen LogP contribution in [0.5, 0.6) is 5.75 Å². The third-order valence-electron chi connectivity index (χ3n) is 5.74. The van der Waals surface area contributed by atoms with Crippen LogP contribution in [-0.2, 0) is 35.3 Å². The quantitative estimate of drug-likeness (QED) is 0.173. The Morgan fingerprint density at radius 3 is 2.51 bits per heavy atom. The molecular weight excluding hydrogens is 521 g/mol. The largest absolute Gasteiger partial charge is 0.488 e. The molecule has 4 rings (SSSR count). The Bertz CT molecular complexity index is 1380. The van der Waals surface area contributed by atoms with Crippen LogP contribution in [0.3, 0.4) is 0 Å². The highest BCUT2D eigenvalue weighted by Crippen LogP contribution is 2.21. The smallest absolute Gasteiger partial charge is 0.230 e. The molecule has 0 saturated carbocycles. The second-order valence-corrected chi connectivity index (χ2v) is 9.94. The molecule has 0 unspecified atom stereocenters. The number of nitrogens with zero attached hydrogens (tertiary/aromatic N) is 2. The van der Waals surface area contributed by atoms with Crippen molar-refractivity contribution in [3.8, 4) is 5.75 Å². The molecule has 0 aliphatic rings. The molecule has 11 heteroatoms. The van der Waals surface area contributed by atoms with Crippen molar-refractivity contribution < 1.29 is 23.8 Å². The molecule has 4 aromatic rings. The predicted molar refractivity (Wildman–Crippen MR) is 147 cm³/mol. The number of aryl methyl sites for hydroxylation is 2. The number of aromatic nitrogens is 3. The van der Waals surface area contributed by atoms with Crippen molar-refractivity contribution in [3.05, 3.63) is 88.3 Å². The van der Waals surface area contributed by atoms with Gasteiger partial charge in [0, 0.05) is 12.1 Å². The average molecular weight is 552 g/mol. The zero-order valence-electron chi connectivity index (χ0n) is 21.3. The number of carbonyl (C=O) groups excluding carboxylic acids is 2. The number of aliphatic hydroxyl groups is 1. The normalized spacial score (nSPS) is 10.8. The lowest BCUT2D eigenvalue weighted by molar-refractivity contribution is -0.116. The number of carbonyl (C=O) groups is 2. The standard InChI is InChI=1S/C28H30FN5O4S/c29-22-12-10-20(16-23(22)38-15-14-35)18-26(37)32-28-34-33-27(39-28)9-5-4-8-21-11-13-24(30-21)31-25(36)17-19-6-2-1-3-7-19/h1-3,6-7,10-13,16,30,35H,4-5,8-9,14-15,17-18H2,(H,31,36)(H,32,34,37). The van der Waals surface area contributed by atoms with Crippen molar-refractivity contribution in [1.82, 2.24) is 15.2 Å². The van der Waals surface area contributed by atoms with Crippen molar-refractivity contribution in [2.24, 2.45) is 0 Å². The summed E-state index contributed by atoms with van der Waals surface area (Å²) in [6.07, 6.45) is 3.73. The minimum Gasteiger partial charge on any atom is -0.488 e. The maximum atomic E-state index is 13.8. The van der Waals surface area contributed by atoms with Crippen LogP contribution in [0, 0.1) is 5.82 Å². The highest BCUT2D eigenvalue weighted by Gasteiger charge is 2.12. The van der Waals surface area contributed by atoms with Crippen LogP contribution in [0.2, 0.25) is 0 Å². The summed E-state index contributed by atoms with van der Waals surface area (Å²) in [4.78, 5) is 27.9. The number of H-pyrrole nitrogens is 1. The maximum absolute atomic E-state index is 13.8. The van der Waals surface area contributed by atoms with Gasteiger partial charge >= 0.3 is 0 Å². The van der Waals surface area contributed by atoms with E-state index in [-0.39, 0.29) is 37.2 Å². The summed E-state index contributed by atoms with van der Waals surface area (Å²) in [5.74, 6) is -0.233. The molecule has 4 N–H and O–H groups in total. The minimum absolute atomic E-state index is 0.00376. The number of hydrogen-bond acceptors (Lipinski definition) is 7. The molecule has 0 fully saturated rings. The van der Waals surface area contributed by atoms with Crippen LogP contribution in [-0.4, -0.2) is 45.3 Å². The Kier molecular flexibility index (Phi) is 10.1. The van der Waals surface area contributed by atoms with Crippen molar-refractivity contribution in [2.45, 2.75) is 38.5 Å². The number of hydrogen-bond donors (Lipinski definition) is 4. The second kappa shape index (κ2) is 14.2. The highest BCUT2D eigenvalue weighted by molar-refractivity contribution is 7.15. The number of halogens is 1. The third kappa shape index (κ3) is 9.01. The highest BCUT2D eigenvalue weighted by atomic mass is 32.1. The number of unbranched alkanes of at least 4 members (excludes halogenated alkanes) is 1. The first-order chi connectivity index (χ1) is 19.0. The van der Waals surface area contributed by atoms with Gasteiger partial charge in [-0.3, -0.25) is 9.59 Å². The van der Waals surface area contributed by atoms with Gasteiger partial charge in [-0.2, -0.15) is 0 Å². The SMILES string of the molecule is O=C(Cc1ccccc1)Nc1ccc(CCCCc2nnc(NC(=O)Cc3ccc(F)c(OCCO)c3)s2)[nH]1. The van der Waals surface area contributed by atoms with Crippen LogP contribution in [0.25, 0.3) is 0 Å². The van der Waals surface area contributed by atoms with E-state index >= 15 is 0 Å². The van der Waals surface area contributed by atoms with Crippen molar-refractivity contribution in [2.75, 3.05) is 23.8 Å². The number of nitrogens with one attached hydrogen (secondary N) is 3. The molecule has 2 aromatic carbocycles. The maximum Gasteiger partial charge on any atom is 0.230 e. The van der Waals surface area contributed by atoms with Gasteiger partial charge in [0.05, 0.1) is 19.4 Å². The number of ether oxygens (including phenoxy) is 1. The molecule has 0 atom stereocenters. The van der Waals surface area contributed by atoms with Crippen LogP contribution in [0.1, 0.15) is 34.7 Å². The Hall–Kier alpha value is -4.09. The molecule has 2 aromatic heterocycles. The number of benzene rings is 2. The molecule has 0 saturated heterocycles. The molecule has 204 valence electrons. The van der Waals surface area contributed by atoms with Gasteiger partial charge in [0.25, 0.3) is 0 Å². The lowest BCUT2D eigenvalue weighted by Gasteiger charge is -2.08. The molecule has 0 aliphatic carbocycles. The van der Waals surface area contributed by atoms with E-state index in [4.69, 9.17) is 9.84 Å². The van der Waals surface area contributed by atoms with Crippen LogP contribution in [0.4, 0.5) is 15.3 Å². The van der Waals surface area contributed by atoms with Gasteiger partial charge in [-0.25, -0.2) is 4.39 Å². The Labute approximate surface area is 229 Å². The molecular formula is C28H30FN5O4S. The molecule has 2 amide bonds. The Morgan fingerprint density at radius 2 is 1.69 bits per heavy atom. The first-order valence-corrected chi connectivity index (χ1v) is 13.5. The molecule has 0 aliphatic heterocycles. The third-order valence-corrected chi connectivity index (χ3v) is 6.64. The van der Waals surface area contributed by atoms with Crippen LogP contribution < -0.4 is 15.4 Å². The lowest BCUT2D eigenvalue weighted by Crippen LogP contribution is -2.14. The second-order valence-electron chi connectivity index (χ2n) is 8.88. The van der Waals surface area contributed by atoms with Crippen LogP contribution in [0.15, 0.2) is 60.7 Å². The number of amides is 2. The summed E-state index contributed by atoms with van der Waals surface area (Å²) < 4.78 is 18.9. The molecule has 0 spiro atoms. The van der Waals surface area contributed by atoms with E-state index in [0.29, 0.717) is 22.9 Å². The van der Waals surface area contributed by atoms with E-state index in [1.54, 1.807) is 0 Å². The van der Waals surface area contributed by atoms with Gasteiger partial charge in [-0.05, 0) is 54.7 Å². The summed E-state index contributed by atoms with van der Waals surface area (Å²) in [6, 6.07) is 17.6. The van der Waals surface area contributed by atoms with Gasteiger partial charge in [0.1, 0.15) is 17.4 Å². The fourth-order valence-electron chi connectivity index (χ4n) is 3.90. The van der Waals surface area contributed by atoms with Gasteiger partial charge in [0.15, 0.2) is 11.6 Å². The van der Waals surface area contributed by atoms with Gasteiger partial charge < -0.3 is 25.5 Å². The summed E-state index contributed by atoms with van der Waals surface area (Å²) in [7, 11) is 0. The molecule has 9 nitrogen and oxygen atoms in total. The molecule has 0 radical (unpaired) electrons. The average Bonchev–Trinajstić information content (AvgIpc) is 3.56. The number of rotatable bonds is 14. The summed E-state index contributed by atoms with van der Waals surface area (Å²) in [5, 5.41) is 23.9. The monoisotopic (exact) mass is 551 g/mol. The topological polar surface area (TPSA) is 129 Å². The number of aromatic amines is 1. The van der Waals surface area contributed by atoms with Crippen molar-refractivity contribution >= 4 is 34.1 Å². The van der Waals surface area contributed by atoms with Crippen LogP contribution >= 0.6 is 11.3 Å². The molecule has 0 bridgehead atoms. The minimum atomic E-state index is -0.552. The summed E-state index contributed by atoms with van der Waals surface area (Å²) in [6.45, 7) is -0.259. The summed E-state index contributed by atoms with van der Waals surface area (Å²) >= 11 is 1.32. The van der Waals surface area contributed by atoms with E-state index in [2.05, 4.69) is 25.8 Å². The fraction of sp³-hybridized carbons (Fsp3) is 0.286. The Morgan fingerprint density at radius 1 is 0.923 bits per heavy atom. The number of anilines is 2. The van der Waals surface area contributed by atoms with E-state index < -0.39 is 5.82 Å². The van der Waals surface area contributed by atoms with E-state index in [1.807, 2.05) is 42.5 Å². The van der Waals surface area contributed by atoms with E-state index in [0.717, 1.165) is 41.9 Å². The molecule has 2 heterocycles. The summed E-state index contributed by atoms with van der Waals surface area (Å²) in [5.41, 5.74) is 2.59. The van der Waals surface area contributed by atoms with Crippen molar-refractivity contribution in [3.63, 3.8) is 0 Å². The van der Waals surface area contributed by atoms with Gasteiger partial charge in [0.2, 0.25) is 16.9 Å². The predicted octanol–water partition coefficient (Wildman–Crippen LogP) is 4.30. The first kappa shape index (κ1) is 27.9. The lowest BCUT2D eigenvalue weighted by atomic mass is 10.1. The van der Waals surface area contributed by atoms with Gasteiger partial charge in [-0.1, -0.05) is 47.7 Å². The fourth-order valence-corrected chi connectivity index (χ4v) is 4.70. The molecule has 39 heavy (non-hydrogen) atoms. The van der Waals surface area contributed by atoms with E-state index in [1.165, 1.54) is 29.5 Å². The zero-order chi connectivity index (χ0) is 27.5.